The first-order valence-electron chi connectivity index (χ1n) is 9.24. The summed E-state index contributed by atoms with van der Waals surface area (Å²) < 4.78 is 5.34. The molecule has 1 N–H and O–H groups in total. The van der Waals surface area contributed by atoms with E-state index in [1.54, 1.807) is 20.8 Å². The van der Waals surface area contributed by atoms with Gasteiger partial charge in [-0.25, -0.2) is 4.79 Å². The molecule has 0 heterocycles. The molecule has 2 atom stereocenters. The highest BCUT2D eigenvalue weighted by atomic mass is 79.9. The number of nitrogens with one attached hydrogen (secondary N) is 1. The number of halogens is 1. The van der Waals surface area contributed by atoms with Crippen molar-refractivity contribution >= 4 is 44.6 Å². The fraction of sp³-hybridized carbons (Fsp3) is 0.364. The number of Topliss-reactive ketones (excluding diaryl/α,β-unsaturated/α-hetero) is 1. The molecule has 1 unspecified atom stereocenters. The third-order valence-corrected chi connectivity index (χ3v) is 7.92. The highest BCUT2D eigenvalue weighted by Gasteiger charge is 2.30. The van der Waals surface area contributed by atoms with Gasteiger partial charge < -0.3 is 10.1 Å². The highest BCUT2D eigenvalue weighted by molar-refractivity contribution is 9.40. The Hall–Kier alpha value is -1.71. The van der Waals surface area contributed by atoms with Crippen molar-refractivity contribution in [1.29, 1.82) is 0 Å². The van der Waals surface area contributed by atoms with Crippen LogP contribution < -0.4 is 15.9 Å². The molecule has 2 aromatic carbocycles. The molecule has 4 nitrogen and oxygen atoms in total. The summed E-state index contributed by atoms with van der Waals surface area (Å²) in [6.45, 7) is 8.36. The maximum absolute atomic E-state index is 13.4. The molecule has 0 saturated heterocycles. The van der Waals surface area contributed by atoms with Crippen LogP contribution in [0.3, 0.4) is 0 Å². The van der Waals surface area contributed by atoms with Gasteiger partial charge in [0, 0.05) is 17.5 Å². The monoisotopic (exact) mass is 463 g/mol. The molecular weight excluding hydrogens is 437 g/mol. The lowest BCUT2D eigenvalue weighted by molar-refractivity contribution is 0.0476. The summed E-state index contributed by atoms with van der Waals surface area (Å²) in [7, 11) is 0. The number of ether oxygens (including phenoxy) is 1. The number of carbonyl (C=O) groups is 2. The number of hydrogen-bond donors (Lipinski definition) is 1. The first-order valence-corrected chi connectivity index (χ1v) is 12.6. The third-order valence-electron chi connectivity index (χ3n) is 3.99. The predicted molar refractivity (Wildman–Crippen MR) is 120 cm³/mol. The standard InChI is InChI=1S/C22H27BrNO3P/c1-15(2)19(24-21(26)27-22(3,4)5)20(25)17-13-9-10-14-18(17)28(23)16-11-7-6-8-12-16/h6-15,19H,1-5H3,(H,24,26)/t19-,28?/m0/s1. The van der Waals surface area contributed by atoms with E-state index in [0.717, 1.165) is 10.6 Å². The minimum Gasteiger partial charge on any atom is -0.444 e. The number of ketones is 1. The largest absolute Gasteiger partial charge is 0.444 e. The maximum atomic E-state index is 13.4. The summed E-state index contributed by atoms with van der Waals surface area (Å²) in [5, 5.41) is 4.82. The second-order valence-corrected chi connectivity index (χ2v) is 11.6. The van der Waals surface area contributed by atoms with Gasteiger partial charge in [0.1, 0.15) is 5.60 Å². The summed E-state index contributed by atoms with van der Waals surface area (Å²) in [5.41, 5.74) is -0.00607. The van der Waals surface area contributed by atoms with Gasteiger partial charge in [0.15, 0.2) is 5.78 Å². The molecule has 2 aromatic rings. The number of carbonyl (C=O) groups excluding carboxylic acids is 2. The molecular formula is C22H27BrNO3P. The molecule has 0 fully saturated rings. The fourth-order valence-corrected chi connectivity index (χ4v) is 5.65. The first kappa shape index (κ1) is 22.6. The molecule has 0 radical (unpaired) electrons. The van der Waals surface area contributed by atoms with Crippen LogP contribution in [0.25, 0.3) is 0 Å². The molecule has 150 valence electrons. The lowest BCUT2D eigenvalue weighted by Gasteiger charge is -2.26. The minimum absolute atomic E-state index is 0.0775. The number of rotatable bonds is 6. The molecule has 0 spiro atoms. The lowest BCUT2D eigenvalue weighted by Crippen LogP contribution is -2.47. The van der Waals surface area contributed by atoms with Crippen molar-refractivity contribution in [3.8, 4) is 0 Å². The number of alkyl carbamates (subject to hydrolysis) is 1. The summed E-state index contributed by atoms with van der Waals surface area (Å²) in [5.74, 6) is -0.189. The zero-order valence-electron chi connectivity index (χ0n) is 16.9. The van der Waals surface area contributed by atoms with E-state index in [1.165, 1.54) is 0 Å². The van der Waals surface area contributed by atoms with Gasteiger partial charge in [-0.2, -0.15) is 0 Å². The number of hydrogen-bond acceptors (Lipinski definition) is 3. The summed E-state index contributed by atoms with van der Waals surface area (Å²) in [4.78, 5) is 25.6. The average molecular weight is 464 g/mol. The molecule has 28 heavy (non-hydrogen) atoms. The molecule has 0 aliphatic rings. The van der Waals surface area contributed by atoms with E-state index in [2.05, 4.69) is 20.8 Å². The van der Waals surface area contributed by atoms with Crippen LogP contribution in [0, 0.1) is 5.92 Å². The minimum atomic E-state index is -0.863. The zero-order chi connectivity index (χ0) is 20.9. The summed E-state index contributed by atoms with van der Waals surface area (Å²) >= 11 is 3.79. The molecule has 2 rings (SSSR count). The zero-order valence-corrected chi connectivity index (χ0v) is 19.4. The van der Waals surface area contributed by atoms with Crippen molar-refractivity contribution in [2.24, 2.45) is 5.92 Å². The van der Waals surface area contributed by atoms with Crippen LogP contribution >= 0.6 is 22.1 Å². The Bertz CT molecular complexity index is 818. The Morgan fingerprint density at radius 2 is 1.57 bits per heavy atom. The van der Waals surface area contributed by atoms with Crippen molar-refractivity contribution in [1.82, 2.24) is 5.32 Å². The maximum Gasteiger partial charge on any atom is 0.408 e. The van der Waals surface area contributed by atoms with E-state index in [0.29, 0.717) is 5.56 Å². The lowest BCUT2D eigenvalue weighted by atomic mass is 9.95. The van der Waals surface area contributed by atoms with E-state index < -0.39 is 24.4 Å². The SMILES string of the molecule is CC(C)[C@H](NC(=O)OC(C)(C)C)C(=O)c1ccccc1P(Br)c1ccccc1. The van der Waals surface area contributed by atoms with Crippen LogP contribution in [-0.4, -0.2) is 23.5 Å². The smallest absolute Gasteiger partial charge is 0.408 e. The van der Waals surface area contributed by atoms with E-state index in [1.807, 2.05) is 68.4 Å². The van der Waals surface area contributed by atoms with E-state index >= 15 is 0 Å². The first-order chi connectivity index (χ1) is 13.1. The Morgan fingerprint density at radius 3 is 2.14 bits per heavy atom. The Balaban J connectivity index is 2.32. The van der Waals surface area contributed by atoms with E-state index in [4.69, 9.17) is 4.74 Å². The van der Waals surface area contributed by atoms with Gasteiger partial charge in [-0.3, -0.25) is 4.79 Å². The van der Waals surface area contributed by atoms with Crippen LogP contribution in [0.15, 0.2) is 54.6 Å². The average Bonchev–Trinajstić information content (AvgIpc) is 2.64. The van der Waals surface area contributed by atoms with Crippen molar-refractivity contribution < 1.29 is 14.3 Å². The number of amides is 1. The van der Waals surface area contributed by atoms with Crippen LogP contribution in [-0.2, 0) is 4.74 Å². The van der Waals surface area contributed by atoms with Gasteiger partial charge in [-0.05, 0) is 47.5 Å². The number of benzene rings is 2. The van der Waals surface area contributed by atoms with Crippen molar-refractivity contribution in [3.63, 3.8) is 0 Å². The Morgan fingerprint density at radius 1 is 1.00 bits per heavy atom. The molecule has 1 amide bonds. The van der Waals surface area contributed by atoms with Crippen molar-refractivity contribution in [2.75, 3.05) is 0 Å². The summed E-state index contributed by atoms with van der Waals surface area (Å²) in [6.07, 6.45) is -0.582. The van der Waals surface area contributed by atoms with Crippen molar-refractivity contribution in [3.05, 3.63) is 60.2 Å². The van der Waals surface area contributed by atoms with Crippen LogP contribution in [0.1, 0.15) is 45.0 Å². The van der Waals surface area contributed by atoms with Crippen LogP contribution in [0.2, 0.25) is 0 Å². The molecule has 0 aliphatic carbocycles. The third kappa shape index (κ3) is 6.15. The van der Waals surface area contributed by atoms with Gasteiger partial charge in [-0.1, -0.05) is 68.4 Å². The van der Waals surface area contributed by atoms with E-state index in [-0.39, 0.29) is 11.7 Å². The molecule has 0 aromatic heterocycles. The Kier molecular flexibility index (Phi) is 7.79. The van der Waals surface area contributed by atoms with Crippen molar-refractivity contribution in [2.45, 2.75) is 46.3 Å². The van der Waals surface area contributed by atoms with Crippen LogP contribution in [0.4, 0.5) is 4.79 Å². The second kappa shape index (κ2) is 9.67. The highest BCUT2D eigenvalue weighted by Crippen LogP contribution is 2.42. The Labute approximate surface area is 176 Å². The predicted octanol–water partition coefficient (Wildman–Crippen LogP) is 5.16. The normalized spacial score (nSPS) is 13.7. The van der Waals surface area contributed by atoms with Gasteiger partial charge in [0.05, 0.1) is 6.04 Å². The quantitative estimate of drug-likeness (QED) is 0.475. The molecule has 0 aliphatic heterocycles. The molecule has 0 saturated carbocycles. The molecule has 0 bridgehead atoms. The van der Waals surface area contributed by atoms with Gasteiger partial charge >= 0.3 is 6.09 Å². The summed E-state index contributed by atoms with van der Waals surface area (Å²) in [6, 6.07) is 16.9. The van der Waals surface area contributed by atoms with Gasteiger partial charge in [0.25, 0.3) is 0 Å². The molecule has 6 heteroatoms. The second-order valence-electron chi connectivity index (χ2n) is 7.87. The fourth-order valence-electron chi connectivity index (χ4n) is 2.69. The topological polar surface area (TPSA) is 55.4 Å². The van der Waals surface area contributed by atoms with Gasteiger partial charge in [0.2, 0.25) is 0 Å². The van der Waals surface area contributed by atoms with Crippen LogP contribution in [0.5, 0.6) is 0 Å². The van der Waals surface area contributed by atoms with E-state index in [9.17, 15) is 9.59 Å². The van der Waals surface area contributed by atoms with Gasteiger partial charge in [-0.15, -0.1) is 0 Å².